The van der Waals surface area contributed by atoms with Crippen LogP contribution in [0, 0.1) is 5.41 Å². The fourth-order valence-electron chi connectivity index (χ4n) is 4.18. The molecule has 136 valence electrons. The van der Waals surface area contributed by atoms with E-state index in [-0.39, 0.29) is 17.2 Å². The average Bonchev–Trinajstić information content (AvgIpc) is 2.97. The molecule has 1 N–H and O–H groups in total. The Morgan fingerprint density at radius 2 is 2.08 bits per heavy atom. The number of hydrogen-bond acceptors (Lipinski definition) is 4. The van der Waals surface area contributed by atoms with E-state index in [2.05, 4.69) is 21.8 Å². The average molecular weight is 353 g/mol. The number of nitrogens with zero attached hydrogens (tertiary/aromatic N) is 4. The van der Waals surface area contributed by atoms with Crippen LogP contribution in [0.15, 0.2) is 31.1 Å². The van der Waals surface area contributed by atoms with Crippen molar-refractivity contribution in [2.24, 2.45) is 5.41 Å². The van der Waals surface area contributed by atoms with Crippen LogP contribution in [0.3, 0.4) is 0 Å². The van der Waals surface area contributed by atoms with E-state index in [1.54, 1.807) is 18.5 Å². The zero-order chi connectivity index (χ0) is 18.1. The molecule has 0 atom stereocenters. The van der Waals surface area contributed by atoms with Crippen molar-refractivity contribution in [2.75, 3.05) is 26.2 Å². The molecule has 0 aromatic carbocycles. The van der Waals surface area contributed by atoms with Crippen molar-refractivity contribution in [1.82, 2.24) is 25.0 Å². The Kier molecular flexibility index (Phi) is 4.22. The van der Waals surface area contributed by atoms with Crippen LogP contribution in [0.2, 0.25) is 0 Å². The van der Waals surface area contributed by atoms with Gasteiger partial charge in [0.1, 0.15) is 5.69 Å². The summed E-state index contributed by atoms with van der Waals surface area (Å²) in [6, 6.07) is 1.81. The third kappa shape index (κ3) is 2.87. The lowest BCUT2D eigenvalue weighted by molar-refractivity contribution is -0.133. The second kappa shape index (κ2) is 6.55. The second-order valence-electron chi connectivity index (χ2n) is 7.42. The van der Waals surface area contributed by atoms with Crippen LogP contribution >= 0.6 is 0 Å². The maximum absolute atomic E-state index is 12.9. The molecule has 0 radical (unpaired) electrons. The lowest BCUT2D eigenvalue weighted by atomic mass is 9.75. The Balaban J connectivity index is 1.48. The van der Waals surface area contributed by atoms with E-state index in [0.29, 0.717) is 25.2 Å². The third-order valence-electron chi connectivity index (χ3n) is 5.49. The number of amides is 2. The number of carbonyl (C=O) groups is 2. The number of fused-ring (bicyclic) bond motifs is 1. The largest absolute Gasteiger partial charge is 0.342 e. The zero-order valence-electron chi connectivity index (χ0n) is 14.8. The first-order chi connectivity index (χ1) is 12.6. The predicted octanol–water partition coefficient (Wildman–Crippen LogP) is 1.99. The standard InChI is InChI=1S/C19H23N5O2/c1-2-5-16(25)23-9-4-3-7-19(11-23)12-24(13-19)18(26)17-14-10-21-22-15(14)6-8-20-17/h2,6,8,10H,1,3-5,7,9,11-13H2,(H,21,22). The molecule has 2 aromatic rings. The van der Waals surface area contributed by atoms with E-state index < -0.39 is 0 Å². The number of pyridine rings is 1. The molecular formula is C19H23N5O2. The van der Waals surface area contributed by atoms with Gasteiger partial charge in [0.05, 0.1) is 17.1 Å². The minimum absolute atomic E-state index is 0.0211. The number of nitrogens with one attached hydrogen (secondary N) is 1. The second-order valence-corrected chi connectivity index (χ2v) is 7.42. The molecule has 2 amide bonds. The highest BCUT2D eigenvalue weighted by atomic mass is 16.2. The molecule has 2 fully saturated rings. The Labute approximate surface area is 152 Å². The first-order valence-corrected chi connectivity index (χ1v) is 9.08. The first kappa shape index (κ1) is 16.8. The van der Waals surface area contributed by atoms with Gasteiger partial charge in [-0.25, -0.2) is 0 Å². The van der Waals surface area contributed by atoms with Gasteiger partial charge in [-0.1, -0.05) is 12.5 Å². The smallest absolute Gasteiger partial charge is 0.273 e. The summed E-state index contributed by atoms with van der Waals surface area (Å²) in [4.78, 5) is 33.3. The maximum Gasteiger partial charge on any atom is 0.273 e. The van der Waals surface area contributed by atoms with E-state index in [0.717, 1.165) is 43.3 Å². The SMILES string of the molecule is C=CCC(=O)N1CCCCC2(C1)CN(C(=O)c1nccc3[nH]ncc13)C2. The van der Waals surface area contributed by atoms with E-state index >= 15 is 0 Å². The highest BCUT2D eigenvalue weighted by Crippen LogP contribution is 2.39. The lowest BCUT2D eigenvalue weighted by Gasteiger charge is -2.51. The predicted molar refractivity (Wildman–Crippen MR) is 97.5 cm³/mol. The van der Waals surface area contributed by atoms with Crippen molar-refractivity contribution in [2.45, 2.75) is 25.7 Å². The highest BCUT2D eigenvalue weighted by Gasteiger charge is 2.47. The lowest BCUT2D eigenvalue weighted by Crippen LogP contribution is -2.62. The molecule has 4 heterocycles. The molecule has 26 heavy (non-hydrogen) atoms. The molecule has 2 saturated heterocycles. The van der Waals surface area contributed by atoms with Crippen LogP contribution < -0.4 is 0 Å². The van der Waals surface area contributed by atoms with E-state index in [1.807, 2.05) is 15.9 Å². The molecule has 4 rings (SSSR count). The van der Waals surface area contributed by atoms with Gasteiger partial charge in [-0.05, 0) is 18.9 Å². The van der Waals surface area contributed by atoms with Gasteiger partial charge in [0.25, 0.3) is 5.91 Å². The number of aromatic nitrogens is 3. The number of H-pyrrole nitrogens is 1. The molecule has 0 saturated carbocycles. The normalized spacial score (nSPS) is 19.2. The van der Waals surface area contributed by atoms with Crippen LogP contribution in [0.1, 0.15) is 36.2 Å². The number of rotatable bonds is 3. The Bertz CT molecular complexity index is 852. The summed E-state index contributed by atoms with van der Waals surface area (Å²) in [6.45, 7) is 6.56. The summed E-state index contributed by atoms with van der Waals surface area (Å²) in [5, 5.41) is 7.63. The molecule has 0 unspecified atom stereocenters. The molecule has 7 heteroatoms. The van der Waals surface area contributed by atoms with Crippen LogP contribution in [0.5, 0.6) is 0 Å². The van der Waals surface area contributed by atoms with Crippen LogP contribution in [-0.2, 0) is 4.79 Å². The number of likely N-dealkylation sites (tertiary alicyclic amines) is 2. The van der Waals surface area contributed by atoms with Gasteiger partial charge in [0, 0.05) is 44.2 Å². The minimum atomic E-state index is -0.0594. The summed E-state index contributed by atoms with van der Waals surface area (Å²) in [7, 11) is 0. The van der Waals surface area contributed by atoms with Crippen molar-refractivity contribution in [3.8, 4) is 0 Å². The van der Waals surface area contributed by atoms with Gasteiger partial charge in [-0.3, -0.25) is 19.7 Å². The quantitative estimate of drug-likeness (QED) is 0.856. The Hall–Kier alpha value is -2.70. The third-order valence-corrected chi connectivity index (χ3v) is 5.49. The van der Waals surface area contributed by atoms with Gasteiger partial charge in [0.2, 0.25) is 5.91 Å². The van der Waals surface area contributed by atoms with Crippen molar-refractivity contribution < 1.29 is 9.59 Å². The fraction of sp³-hybridized carbons (Fsp3) is 0.474. The summed E-state index contributed by atoms with van der Waals surface area (Å²) < 4.78 is 0. The Morgan fingerprint density at radius 3 is 2.88 bits per heavy atom. The monoisotopic (exact) mass is 353 g/mol. The van der Waals surface area contributed by atoms with E-state index in [9.17, 15) is 9.59 Å². The van der Waals surface area contributed by atoms with E-state index in [1.165, 1.54) is 0 Å². The van der Waals surface area contributed by atoms with Gasteiger partial charge in [-0.15, -0.1) is 6.58 Å². The van der Waals surface area contributed by atoms with Gasteiger partial charge >= 0.3 is 0 Å². The summed E-state index contributed by atoms with van der Waals surface area (Å²) in [5.74, 6) is 0.0757. The molecule has 2 aliphatic rings. The molecule has 7 nitrogen and oxygen atoms in total. The van der Waals surface area contributed by atoms with Gasteiger partial charge in [-0.2, -0.15) is 5.10 Å². The fourth-order valence-corrected chi connectivity index (χ4v) is 4.18. The van der Waals surface area contributed by atoms with Gasteiger partial charge < -0.3 is 9.80 Å². The molecular weight excluding hydrogens is 330 g/mol. The molecule has 0 bridgehead atoms. The number of aromatic amines is 1. The maximum atomic E-state index is 12.9. The summed E-state index contributed by atoms with van der Waals surface area (Å²) in [5.41, 5.74) is 1.28. The summed E-state index contributed by atoms with van der Waals surface area (Å²) in [6.07, 6.45) is 8.48. The molecule has 2 aromatic heterocycles. The zero-order valence-corrected chi connectivity index (χ0v) is 14.8. The number of hydrogen-bond donors (Lipinski definition) is 1. The van der Waals surface area contributed by atoms with Crippen molar-refractivity contribution in [3.05, 3.63) is 36.8 Å². The highest BCUT2D eigenvalue weighted by molar-refractivity contribution is 6.04. The van der Waals surface area contributed by atoms with Crippen LogP contribution in [0.4, 0.5) is 0 Å². The van der Waals surface area contributed by atoms with Crippen LogP contribution in [0.25, 0.3) is 10.9 Å². The van der Waals surface area contributed by atoms with Gasteiger partial charge in [0.15, 0.2) is 0 Å². The van der Waals surface area contributed by atoms with Crippen molar-refractivity contribution in [1.29, 1.82) is 0 Å². The Morgan fingerprint density at radius 1 is 1.27 bits per heavy atom. The van der Waals surface area contributed by atoms with Crippen LogP contribution in [-0.4, -0.2) is 63.0 Å². The van der Waals surface area contributed by atoms with Crippen molar-refractivity contribution in [3.63, 3.8) is 0 Å². The molecule has 2 aliphatic heterocycles. The first-order valence-electron chi connectivity index (χ1n) is 9.08. The molecule has 1 spiro atoms. The summed E-state index contributed by atoms with van der Waals surface area (Å²) >= 11 is 0. The minimum Gasteiger partial charge on any atom is -0.342 e. The van der Waals surface area contributed by atoms with E-state index in [4.69, 9.17) is 0 Å². The topological polar surface area (TPSA) is 82.2 Å². The number of carbonyl (C=O) groups excluding carboxylic acids is 2. The molecule has 0 aliphatic carbocycles. The van der Waals surface area contributed by atoms with Crippen molar-refractivity contribution >= 4 is 22.7 Å².